The minimum absolute atomic E-state index is 0.174. The number of rotatable bonds is 6. The zero-order valence-corrected chi connectivity index (χ0v) is 10.0. The van der Waals surface area contributed by atoms with Gasteiger partial charge in [-0.05, 0) is 19.4 Å². The Hall–Kier alpha value is -1.78. The molecule has 0 bridgehead atoms. The second-order valence-electron chi connectivity index (χ2n) is 3.94. The largest absolute Gasteiger partial charge is 0.480 e. The van der Waals surface area contributed by atoms with Crippen LogP contribution in [0.4, 0.5) is 0 Å². The molecule has 0 radical (unpaired) electrons. The van der Waals surface area contributed by atoms with Crippen LogP contribution < -0.4 is 5.32 Å². The van der Waals surface area contributed by atoms with Crippen LogP contribution in [-0.2, 0) is 4.79 Å². The van der Waals surface area contributed by atoms with Crippen LogP contribution in [0.3, 0.4) is 0 Å². The maximum atomic E-state index is 11.7. The summed E-state index contributed by atoms with van der Waals surface area (Å²) in [5.74, 6) is -1.32. The molecular formula is C12H17NO4. The highest BCUT2D eigenvalue weighted by Crippen LogP contribution is 2.09. The number of aliphatic carboxylic acids is 1. The quantitative estimate of drug-likeness (QED) is 0.795. The summed E-state index contributed by atoms with van der Waals surface area (Å²) >= 11 is 0. The Labute approximate surface area is 99.8 Å². The maximum Gasteiger partial charge on any atom is 0.326 e. The van der Waals surface area contributed by atoms with Crippen LogP contribution in [0.25, 0.3) is 0 Å². The normalized spacial score (nSPS) is 12.1. The van der Waals surface area contributed by atoms with Crippen molar-refractivity contribution in [1.29, 1.82) is 0 Å². The molecule has 0 saturated carbocycles. The molecule has 1 aromatic rings. The molecule has 5 heteroatoms. The van der Waals surface area contributed by atoms with Crippen LogP contribution in [0.1, 0.15) is 42.3 Å². The number of amides is 1. The van der Waals surface area contributed by atoms with Gasteiger partial charge in [-0.25, -0.2) is 4.79 Å². The van der Waals surface area contributed by atoms with E-state index in [9.17, 15) is 9.59 Å². The summed E-state index contributed by atoms with van der Waals surface area (Å²) in [6.45, 7) is 3.71. The second kappa shape index (κ2) is 6.08. The number of aryl methyl sites for hydroxylation is 1. The lowest BCUT2D eigenvalue weighted by molar-refractivity contribution is -0.139. The fourth-order valence-electron chi connectivity index (χ4n) is 1.49. The fourth-order valence-corrected chi connectivity index (χ4v) is 1.49. The van der Waals surface area contributed by atoms with Crippen molar-refractivity contribution in [1.82, 2.24) is 5.32 Å². The Morgan fingerprint density at radius 3 is 2.71 bits per heavy atom. The molecule has 0 aliphatic heterocycles. The molecule has 1 aromatic heterocycles. The number of unbranched alkanes of at least 4 members (excludes halogenated alkanes) is 1. The molecule has 1 unspecified atom stereocenters. The van der Waals surface area contributed by atoms with Gasteiger partial charge in [0.2, 0.25) is 0 Å². The van der Waals surface area contributed by atoms with Crippen LogP contribution in [0.5, 0.6) is 0 Å². The van der Waals surface area contributed by atoms with Gasteiger partial charge >= 0.3 is 5.97 Å². The number of carbonyl (C=O) groups is 2. The molecule has 1 heterocycles. The van der Waals surface area contributed by atoms with Gasteiger partial charge in [0.15, 0.2) is 5.76 Å². The van der Waals surface area contributed by atoms with Crippen molar-refractivity contribution in [3.05, 3.63) is 23.7 Å². The van der Waals surface area contributed by atoms with Crippen LogP contribution in [-0.4, -0.2) is 23.0 Å². The van der Waals surface area contributed by atoms with Crippen molar-refractivity contribution in [2.45, 2.75) is 39.2 Å². The van der Waals surface area contributed by atoms with E-state index in [2.05, 4.69) is 5.32 Å². The molecule has 0 fully saturated rings. The average Bonchev–Trinajstić information content (AvgIpc) is 2.70. The summed E-state index contributed by atoms with van der Waals surface area (Å²) in [5, 5.41) is 11.4. The lowest BCUT2D eigenvalue weighted by Crippen LogP contribution is -2.40. The average molecular weight is 239 g/mol. The molecule has 2 N–H and O–H groups in total. The van der Waals surface area contributed by atoms with Gasteiger partial charge in [0.25, 0.3) is 5.91 Å². The molecule has 0 spiro atoms. The van der Waals surface area contributed by atoms with Crippen molar-refractivity contribution >= 4 is 11.9 Å². The van der Waals surface area contributed by atoms with Gasteiger partial charge < -0.3 is 14.8 Å². The first-order chi connectivity index (χ1) is 8.06. The number of hydrogen-bond acceptors (Lipinski definition) is 3. The number of carboxylic acids is 1. The molecule has 1 amide bonds. The van der Waals surface area contributed by atoms with Crippen molar-refractivity contribution in [3.8, 4) is 0 Å². The molecule has 1 atom stereocenters. The van der Waals surface area contributed by atoms with Crippen LogP contribution in [0.2, 0.25) is 0 Å². The Morgan fingerprint density at radius 1 is 1.53 bits per heavy atom. The first-order valence-electron chi connectivity index (χ1n) is 5.64. The third-order valence-corrected chi connectivity index (χ3v) is 2.52. The molecule has 1 rings (SSSR count). The van der Waals surface area contributed by atoms with Crippen LogP contribution in [0, 0.1) is 6.92 Å². The van der Waals surface area contributed by atoms with E-state index in [1.165, 1.54) is 6.26 Å². The molecule has 0 aliphatic rings. The standard InChI is InChI=1S/C12H17NO4/c1-3-4-5-9(12(15)16)13-11(14)10-8(2)6-7-17-10/h6-7,9H,3-5H2,1-2H3,(H,13,14)(H,15,16). The zero-order valence-electron chi connectivity index (χ0n) is 10.0. The fraction of sp³-hybridized carbons (Fsp3) is 0.500. The minimum atomic E-state index is -1.02. The predicted octanol–water partition coefficient (Wildman–Crippen LogP) is 1.96. The zero-order chi connectivity index (χ0) is 12.8. The monoisotopic (exact) mass is 239 g/mol. The molecule has 0 aliphatic carbocycles. The number of hydrogen-bond donors (Lipinski definition) is 2. The Bertz CT molecular complexity index is 397. The number of carboxylic acid groups (broad SMARTS) is 1. The summed E-state index contributed by atoms with van der Waals surface area (Å²) in [6.07, 6.45) is 3.48. The summed E-state index contributed by atoms with van der Waals surface area (Å²) in [4.78, 5) is 22.7. The number of furan rings is 1. The van der Waals surface area contributed by atoms with E-state index in [4.69, 9.17) is 9.52 Å². The number of nitrogens with one attached hydrogen (secondary N) is 1. The van der Waals surface area contributed by atoms with E-state index in [0.717, 1.165) is 12.8 Å². The van der Waals surface area contributed by atoms with Crippen molar-refractivity contribution in [2.24, 2.45) is 0 Å². The van der Waals surface area contributed by atoms with Gasteiger partial charge in [0.1, 0.15) is 6.04 Å². The first kappa shape index (κ1) is 13.3. The summed E-state index contributed by atoms with van der Waals surface area (Å²) in [7, 11) is 0. The highest BCUT2D eigenvalue weighted by atomic mass is 16.4. The first-order valence-corrected chi connectivity index (χ1v) is 5.64. The highest BCUT2D eigenvalue weighted by molar-refractivity contribution is 5.95. The Balaban J connectivity index is 2.64. The number of carbonyl (C=O) groups excluding carboxylic acids is 1. The molecule has 0 aromatic carbocycles. The maximum absolute atomic E-state index is 11.7. The van der Waals surface area contributed by atoms with E-state index in [0.29, 0.717) is 12.0 Å². The van der Waals surface area contributed by atoms with Gasteiger partial charge in [0, 0.05) is 5.56 Å². The molecule has 5 nitrogen and oxygen atoms in total. The molecule has 17 heavy (non-hydrogen) atoms. The lowest BCUT2D eigenvalue weighted by atomic mass is 10.1. The van der Waals surface area contributed by atoms with E-state index >= 15 is 0 Å². The predicted molar refractivity (Wildman–Crippen MR) is 61.9 cm³/mol. The molecule has 0 saturated heterocycles. The Kier molecular flexibility index (Phi) is 4.75. The van der Waals surface area contributed by atoms with Crippen molar-refractivity contribution < 1.29 is 19.1 Å². The second-order valence-corrected chi connectivity index (χ2v) is 3.94. The van der Waals surface area contributed by atoms with Gasteiger partial charge in [-0.3, -0.25) is 4.79 Å². The summed E-state index contributed by atoms with van der Waals surface area (Å²) in [5.41, 5.74) is 0.696. The van der Waals surface area contributed by atoms with E-state index in [1.54, 1.807) is 13.0 Å². The van der Waals surface area contributed by atoms with Gasteiger partial charge in [-0.2, -0.15) is 0 Å². The van der Waals surface area contributed by atoms with Gasteiger partial charge in [-0.15, -0.1) is 0 Å². The lowest BCUT2D eigenvalue weighted by Gasteiger charge is -2.13. The van der Waals surface area contributed by atoms with E-state index in [1.807, 2.05) is 6.92 Å². The highest BCUT2D eigenvalue weighted by Gasteiger charge is 2.22. The van der Waals surface area contributed by atoms with E-state index in [-0.39, 0.29) is 5.76 Å². The molecule has 94 valence electrons. The van der Waals surface area contributed by atoms with Crippen molar-refractivity contribution in [3.63, 3.8) is 0 Å². The summed E-state index contributed by atoms with van der Waals surface area (Å²) in [6, 6.07) is 0.809. The van der Waals surface area contributed by atoms with Crippen LogP contribution >= 0.6 is 0 Å². The van der Waals surface area contributed by atoms with Crippen LogP contribution in [0.15, 0.2) is 16.7 Å². The van der Waals surface area contributed by atoms with Gasteiger partial charge in [0.05, 0.1) is 6.26 Å². The smallest absolute Gasteiger partial charge is 0.326 e. The summed E-state index contributed by atoms with van der Waals surface area (Å²) < 4.78 is 5.01. The minimum Gasteiger partial charge on any atom is -0.480 e. The third-order valence-electron chi connectivity index (χ3n) is 2.52. The SMILES string of the molecule is CCCCC(NC(=O)c1occc1C)C(=O)O. The van der Waals surface area contributed by atoms with E-state index < -0.39 is 17.9 Å². The third kappa shape index (κ3) is 3.62. The topological polar surface area (TPSA) is 79.5 Å². The van der Waals surface area contributed by atoms with Gasteiger partial charge in [-0.1, -0.05) is 19.8 Å². The van der Waals surface area contributed by atoms with Crippen molar-refractivity contribution in [2.75, 3.05) is 0 Å². The molecular weight excluding hydrogens is 222 g/mol. The Morgan fingerprint density at radius 2 is 2.24 bits per heavy atom.